The van der Waals surface area contributed by atoms with E-state index in [9.17, 15) is 4.79 Å². The van der Waals surface area contributed by atoms with Crippen molar-refractivity contribution in [3.05, 3.63) is 35.4 Å². The quantitative estimate of drug-likeness (QED) is 0.902. The molecule has 1 aromatic carbocycles. The predicted molar refractivity (Wildman–Crippen MR) is 94.6 cm³/mol. The highest BCUT2D eigenvalue weighted by molar-refractivity contribution is 5.85. The fraction of sp³-hybridized carbons (Fsp3) is 0.611. The number of likely N-dealkylation sites (N-methyl/N-ethyl adjacent to an activating group) is 1. The molecule has 1 aliphatic heterocycles. The van der Waals surface area contributed by atoms with Crippen molar-refractivity contribution in [2.75, 3.05) is 20.1 Å². The van der Waals surface area contributed by atoms with E-state index in [1.807, 2.05) is 11.9 Å². The molecule has 0 radical (unpaired) electrons. The van der Waals surface area contributed by atoms with Crippen LogP contribution in [-0.2, 0) is 11.2 Å². The molecule has 1 unspecified atom stereocenters. The van der Waals surface area contributed by atoms with Gasteiger partial charge in [-0.1, -0.05) is 36.8 Å². The van der Waals surface area contributed by atoms with Gasteiger partial charge < -0.3 is 10.2 Å². The summed E-state index contributed by atoms with van der Waals surface area (Å²) >= 11 is 0. The summed E-state index contributed by atoms with van der Waals surface area (Å²) in [6.07, 6.45) is 3.90. The normalized spacial score (nSPS) is 16.7. The molecular weight excluding hydrogens is 296 g/mol. The van der Waals surface area contributed by atoms with Crippen LogP contribution in [0.4, 0.5) is 0 Å². The summed E-state index contributed by atoms with van der Waals surface area (Å²) in [5, 5.41) is 3.33. The minimum Gasteiger partial charge on any atom is -0.342 e. The second-order valence-electron chi connectivity index (χ2n) is 6.23. The molecule has 0 aliphatic carbocycles. The lowest BCUT2D eigenvalue weighted by molar-refractivity contribution is -0.137. The maximum absolute atomic E-state index is 12.6. The first-order valence-electron chi connectivity index (χ1n) is 8.14. The Labute approximate surface area is 140 Å². The molecule has 1 heterocycles. The van der Waals surface area contributed by atoms with Crippen molar-refractivity contribution in [1.29, 1.82) is 0 Å². The van der Waals surface area contributed by atoms with Gasteiger partial charge in [0.15, 0.2) is 0 Å². The van der Waals surface area contributed by atoms with Gasteiger partial charge in [0, 0.05) is 19.0 Å². The zero-order valence-corrected chi connectivity index (χ0v) is 14.8. The van der Waals surface area contributed by atoms with Crippen molar-refractivity contribution < 1.29 is 4.79 Å². The van der Waals surface area contributed by atoms with Gasteiger partial charge in [0.2, 0.25) is 5.91 Å². The first-order chi connectivity index (χ1) is 10.1. The van der Waals surface area contributed by atoms with E-state index in [2.05, 4.69) is 43.4 Å². The third kappa shape index (κ3) is 4.99. The molecule has 0 aromatic heterocycles. The van der Waals surface area contributed by atoms with Crippen LogP contribution in [0.25, 0.3) is 0 Å². The second-order valence-corrected chi connectivity index (χ2v) is 6.23. The monoisotopic (exact) mass is 324 g/mol. The Bertz CT molecular complexity index is 455. The van der Waals surface area contributed by atoms with Crippen LogP contribution in [0.15, 0.2) is 24.3 Å². The minimum absolute atomic E-state index is 0. The van der Waals surface area contributed by atoms with E-state index in [1.54, 1.807) is 0 Å². The van der Waals surface area contributed by atoms with E-state index < -0.39 is 0 Å². The average molecular weight is 325 g/mol. The summed E-state index contributed by atoms with van der Waals surface area (Å²) in [6, 6.07) is 8.96. The third-order valence-corrected chi connectivity index (χ3v) is 4.65. The highest BCUT2D eigenvalue weighted by Crippen LogP contribution is 2.19. The smallest absolute Gasteiger partial charge is 0.225 e. The number of hydrogen-bond donors (Lipinski definition) is 1. The summed E-state index contributed by atoms with van der Waals surface area (Å²) in [5.41, 5.74) is 2.60. The Morgan fingerprint density at radius 2 is 1.86 bits per heavy atom. The average Bonchev–Trinajstić information content (AvgIpc) is 2.54. The van der Waals surface area contributed by atoms with Crippen molar-refractivity contribution in [2.24, 2.45) is 5.92 Å². The SMILES string of the molecule is CCC(Cc1ccc(C)cc1)N(C)C(=O)C1CCNCC1.Cl. The zero-order chi connectivity index (χ0) is 15.2. The van der Waals surface area contributed by atoms with Crippen molar-refractivity contribution in [3.8, 4) is 0 Å². The van der Waals surface area contributed by atoms with Gasteiger partial charge in [0.1, 0.15) is 0 Å². The summed E-state index contributed by atoms with van der Waals surface area (Å²) in [5.74, 6) is 0.541. The second kappa shape index (κ2) is 9.16. The number of carbonyl (C=O) groups excluding carboxylic acids is 1. The van der Waals surface area contributed by atoms with Crippen LogP contribution >= 0.6 is 12.4 Å². The number of halogens is 1. The molecule has 124 valence electrons. The molecule has 1 N–H and O–H groups in total. The van der Waals surface area contributed by atoms with Crippen LogP contribution in [0.1, 0.15) is 37.3 Å². The number of nitrogens with one attached hydrogen (secondary N) is 1. The lowest BCUT2D eigenvalue weighted by Crippen LogP contribution is -2.44. The molecule has 0 bridgehead atoms. The van der Waals surface area contributed by atoms with E-state index in [0.717, 1.165) is 38.8 Å². The highest BCUT2D eigenvalue weighted by Gasteiger charge is 2.27. The Morgan fingerprint density at radius 3 is 2.41 bits per heavy atom. The maximum atomic E-state index is 12.6. The van der Waals surface area contributed by atoms with Crippen molar-refractivity contribution in [3.63, 3.8) is 0 Å². The van der Waals surface area contributed by atoms with Crippen LogP contribution in [-0.4, -0.2) is 37.0 Å². The number of hydrogen-bond acceptors (Lipinski definition) is 2. The Hall–Kier alpha value is -1.06. The molecule has 3 nitrogen and oxygen atoms in total. The Balaban J connectivity index is 0.00000242. The molecule has 1 saturated heterocycles. The predicted octanol–water partition coefficient (Wildman–Crippen LogP) is 3.20. The van der Waals surface area contributed by atoms with E-state index in [1.165, 1.54) is 11.1 Å². The van der Waals surface area contributed by atoms with E-state index in [-0.39, 0.29) is 18.3 Å². The molecule has 0 saturated carbocycles. The lowest BCUT2D eigenvalue weighted by atomic mass is 9.94. The van der Waals surface area contributed by atoms with Crippen LogP contribution in [0, 0.1) is 12.8 Å². The largest absolute Gasteiger partial charge is 0.342 e. The summed E-state index contributed by atoms with van der Waals surface area (Å²) in [7, 11) is 1.98. The first kappa shape index (κ1) is 19.0. The third-order valence-electron chi connectivity index (χ3n) is 4.65. The topological polar surface area (TPSA) is 32.3 Å². The van der Waals surface area contributed by atoms with Gasteiger partial charge in [-0.15, -0.1) is 12.4 Å². The maximum Gasteiger partial charge on any atom is 0.225 e. The first-order valence-corrected chi connectivity index (χ1v) is 8.14. The van der Waals surface area contributed by atoms with E-state index in [0.29, 0.717) is 11.9 Å². The summed E-state index contributed by atoms with van der Waals surface area (Å²) < 4.78 is 0. The number of nitrogens with zero attached hydrogens (tertiary/aromatic N) is 1. The van der Waals surface area contributed by atoms with Crippen LogP contribution in [0.3, 0.4) is 0 Å². The standard InChI is InChI=1S/C18H28N2O.ClH/c1-4-17(13-15-7-5-14(2)6-8-15)20(3)18(21)16-9-11-19-12-10-16;/h5-8,16-17,19H,4,9-13H2,1-3H3;1H. The fourth-order valence-corrected chi connectivity index (χ4v) is 3.09. The van der Waals surface area contributed by atoms with E-state index in [4.69, 9.17) is 0 Å². The molecule has 22 heavy (non-hydrogen) atoms. The van der Waals surface area contributed by atoms with Gasteiger partial charge in [0.25, 0.3) is 0 Å². The van der Waals surface area contributed by atoms with Crippen molar-refractivity contribution in [2.45, 2.75) is 45.6 Å². The molecule has 4 heteroatoms. The summed E-state index contributed by atoms with van der Waals surface area (Å²) in [6.45, 7) is 6.22. The van der Waals surface area contributed by atoms with Gasteiger partial charge in [-0.05, 0) is 51.3 Å². The molecule has 1 aromatic rings. The molecular formula is C18H29ClN2O. The Kier molecular flexibility index (Phi) is 7.91. The van der Waals surface area contributed by atoms with E-state index >= 15 is 0 Å². The van der Waals surface area contributed by atoms with Crippen LogP contribution in [0.5, 0.6) is 0 Å². The van der Waals surface area contributed by atoms with Gasteiger partial charge in [-0.25, -0.2) is 0 Å². The minimum atomic E-state index is 0. The molecule has 0 spiro atoms. The molecule has 1 aliphatic rings. The number of aryl methyl sites for hydroxylation is 1. The highest BCUT2D eigenvalue weighted by atomic mass is 35.5. The number of benzene rings is 1. The Morgan fingerprint density at radius 1 is 1.27 bits per heavy atom. The molecule has 2 rings (SSSR count). The number of carbonyl (C=O) groups is 1. The van der Waals surface area contributed by atoms with Crippen LogP contribution < -0.4 is 5.32 Å². The fourth-order valence-electron chi connectivity index (χ4n) is 3.09. The number of amides is 1. The van der Waals surface area contributed by atoms with Gasteiger partial charge in [-0.2, -0.15) is 0 Å². The molecule has 1 amide bonds. The lowest BCUT2D eigenvalue weighted by Gasteiger charge is -2.32. The van der Waals surface area contributed by atoms with Gasteiger partial charge in [-0.3, -0.25) is 4.79 Å². The van der Waals surface area contributed by atoms with Crippen molar-refractivity contribution >= 4 is 18.3 Å². The van der Waals surface area contributed by atoms with Crippen molar-refractivity contribution in [1.82, 2.24) is 10.2 Å². The molecule has 1 atom stereocenters. The zero-order valence-electron chi connectivity index (χ0n) is 14.0. The number of piperidine rings is 1. The van der Waals surface area contributed by atoms with Gasteiger partial charge >= 0.3 is 0 Å². The number of rotatable bonds is 5. The van der Waals surface area contributed by atoms with Gasteiger partial charge in [0.05, 0.1) is 0 Å². The molecule has 1 fully saturated rings. The van der Waals surface area contributed by atoms with Crippen LogP contribution in [0.2, 0.25) is 0 Å². The summed E-state index contributed by atoms with van der Waals surface area (Å²) in [4.78, 5) is 14.6.